The van der Waals surface area contributed by atoms with Crippen LogP contribution < -0.4 is 0 Å². The van der Waals surface area contributed by atoms with Crippen molar-refractivity contribution in [3.8, 4) is 6.07 Å². The van der Waals surface area contributed by atoms with Crippen molar-refractivity contribution in [1.29, 1.82) is 5.26 Å². The summed E-state index contributed by atoms with van der Waals surface area (Å²) in [7, 11) is 0. The second kappa shape index (κ2) is 8.11. The first kappa shape index (κ1) is 16.0. The van der Waals surface area contributed by atoms with Crippen LogP contribution in [-0.2, 0) is 9.53 Å². The molecule has 0 amide bonds. The highest BCUT2D eigenvalue weighted by atomic mass is 16.5. The third-order valence-corrected chi connectivity index (χ3v) is 3.21. The fourth-order valence-corrected chi connectivity index (χ4v) is 1.99. The molecule has 0 saturated heterocycles. The van der Waals surface area contributed by atoms with E-state index in [0.29, 0.717) is 18.9 Å². The Morgan fingerprint density at radius 1 is 1.41 bits per heavy atom. The highest BCUT2D eigenvalue weighted by molar-refractivity contribution is 5.79. The Labute approximate surface area is 105 Å². The first-order valence-electron chi connectivity index (χ1n) is 6.62. The van der Waals surface area contributed by atoms with Crippen LogP contribution in [0.15, 0.2) is 0 Å². The number of esters is 1. The van der Waals surface area contributed by atoms with Gasteiger partial charge in [0.15, 0.2) is 5.41 Å². The van der Waals surface area contributed by atoms with E-state index in [2.05, 4.69) is 19.9 Å². The molecule has 2 atom stereocenters. The van der Waals surface area contributed by atoms with Crippen LogP contribution in [0, 0.1) is 22.7 Å². The molecule has 0 aromatic rings. The first-order chi connectivity index (χ1) is 8.03. The van der Waals surface area contributed by atoms with Gasteiger partial charge in [0.2, 0.25) is 0 Å². The smallest absolute Gasteiger partial charge is 0.326 e. The van der Waals surface area contributed by atoms with Crippen LogP contribution >= 0.6 is 0 Å². The normalized spacial score (nSPS) is 15.7. The van der Waals surface area contributed by atoms with Crippen LogP contribution in [0.25, 0.3) is 0 Å². The second-order valence-corrected chi connectivity index (χ2v) is 4.79. The predicted molar refractivity (Wildman–Crippen MR) is 68.3 cm³/mol. The van der Waals surface area contributed by atoms with Gasteiger partial charge in [-0.2, -0.15) is 5.26 Å². The summed E-state index contributed by atoms with van der Waals surface area (Å²) in [6.07, 6.45) is 5.02. The maximum absolute atomic E-state index is 11.8. The van der Waals surface area contributed by atoms with E-state index in [1.54, 1.807) is 13.8 Å². The van der Waals surface area contributed by atoms with Crippen molar-refractivity contribution in [1.82, 2.24) is 0 Å². The van der Waals surface area contributed by atoms with Crippen LogP contribution in [0.3, 0.4) is 0 Å². The molecule has 0 radical (unpaired) electrons. The Hall–Kier alpha value is -1.04. The number of nitriles is 1. The van der Waals surface area contributed by atoms with E-state index in [-0.39, 0.29) is 5.97 Å². The van der Waals surface area contributed by atoms with Crippen LogP contribution in [0.5, 0.6) is 0 Å². The van der Waals surface area contributed by atoms with Gasteiger partial charge in [0.05, 0.1) is 12.7 Å². The van der Waals surface area contributed by atoms with E-state index in [0.717, 1.165) is 25.7 Å². The number of ether oxygens (including phenoxy) is 1. The second-order valence-electron chi connectivity index (χ2n) is 4.79. The molecule has 98 valence electrons. The van der Waals surface area contributed by atoms with Gasteiger partial charge in [-0.1, -0.05) is 39.5 Å². The minimum atomic E-state index is -0.982. The fraction of sp³-hybridized carbons (Fsp3) is 0.857. The minimum Gasteiger partial charge on any atom is -0.465 e. The summed E-state index contributed by atoms with van der Waals surface area (Å²) >= 11 is 0. The first-order valence-corrected chi connectivity index (χ1v) is 6.62. The molecule has 0 spiro atoms. The Morgan fingerprint density at radius 2 is 2.06 bits per heavy atom. The van der Waals surface area contributed by atoms with Crippen molar-refractivity contribution in [3.05, 3.63) is 0 Å². The number of carbonyl (C=O) groups excluding carboxylic acids is 1. The Bertz CT molecular complexity index is 270. The number of unbranched alkanes of at least 4 members (excludes halogenated alkanes) is 1. The van der Waals surface area contributed by atoms with E-state index in [9.17, 15) is 10.1 Å². The van der Waals surface area contributed by atoms with Gasteiger partial charge >= 0.3 is 5.97 Å². The van der Waals surface area contributed by atoms with Gasteiger partial charge in [-0.05, 0) is 26.2 Å². The largest absolute Gasteiger partial charge is 0.465 e. The maximum atomic E-state index is 11.8. The molecule has 0 aromatic carbocycles. The quantitative estimate of drug-likeness (QED) is 0.607. The molecule has 2 unspecified atom stereocenters. The molecule has 0 bridgehead atoms. The van der Waals surface area contributed by atoms with Gasteiger partial charge < -0.3 is 4.74 Å². The molecule has 17 heavy (non-hydrogen) atoms. The topological polar surface area (TPSA) is 50.1 Å². The number of rotatable bonds is 8. The summed E-state index contributed by atoms with van der Waals surface area (Å²) in [5.41, 5.74) is -0.982. The molecule has 0 saturated carbocycles. The average molecular weight is 239 g/mol. The standard InChI is InChI=1S/C14H25NO2/c1-5-8-9-12(6-2)10-14(4,11-15)13(16)17-7-3/h12H,5-10H2,1-4H3. The van der Waals surface area contributed by atoms with Gasteiger partial charge in [0.1, 0.15) is 0 Å². The molecule has 0 fully saturated rings. The van der Waals surface area contributed by atoms with Crippen molar-refractivity contribution < 1.29 is 9.53 Å². The summed E-state index contributed by atoms with van der Waals surface area (Å²) in [4.78, 5) is 11.8. The molecule has 3 heteroatoms. The summed E-state index contributed by atoms with van der Waals surface area (Å²) < 4.78 is 4.99. The van der Waals surface area contributed by atoms with Crippen molar-refractivity contribution in [2.45, 2.75) is 59.8 Å². The molecule has 0 heterocycles. The molecule has 3 nitrogen and oxygen atoms in total. The highest BCUT2D eigenvalue weighted by Gasteiger charge is 2.36. The van der Waals surface area contributed by atoms with E-state index in [4.69, 9.17) is 4.74 Å². The number of carbonyl (C=O) groups is 1. The molecule has 0 N–H and O–H groups in total. The third kappa shape index (κ3) is 5.21. The monoisotopic (exact) mass is 239 g/mol. The Kier molecular flexibility index (Phi) is 7.61. The molecule has 0 aromatic heterocycles. The number of hydrogen-bond acceptors (Lipinski definition) is 3. The number of nitrogens with zero attached hydrogens (tertiary/aromatic N) is 1. The van der Waals surface area contributed by atoms with Gasteiger partial charge in [-0.15, -0.1) is 0 Å². The van der Waals surface area contributed by atoms with Crippen molar-refractivity contribution in [2.24, 2.45) is 11.3 Å². The van der Waals surface area contributed by atoms with E-state index in [1.807, 2.05) is 0 Å². The molecular weight excluding hydrogens is 214 g/mol. The molecule has 0 aliphatic carbocycles. The lowest BCUT2D eigenvalue weighted by Crippen LogP contribution is -2.30. The molecule has 0 aliphatic heterocycles. The zero-order chi connectivity index (χ0) is 13.3. The lowest BCUT2D eigenvalue weighted by molar-refractivity contribution is -0.152. The third-order valence-electron chi connectivity index (χ3n) is 3.21. The van der Waals surface area contributed by atoms with Gasteiger partial charge in [0, 0.05) is 0 Å². The maximum Gasteiger partial charge on any atom is 0.326 e. The van der Waals surface area contributed by atoms with Crippen LogP contribution in [0.2, 0.25) is 0 Å². The lowest BCUT2D eigenvalue weighted by atomic mass is 9.79. The molecule has 0 rings (SSSR count). The number of hydrogen-bond donors (Lipinski definition) is 0. The fourth-order valence-electron chi connectivity index (χ4n) is 1.99. The van der Waals surface area contributed by atoms with Crippen LogP contribution in [0.1, 0.15) is 59.8 Å². The summed E-state index contributed by atoms with van der Waals surface area (Å²) in [6.45, 7) is 8.07. The highest BCUT2D eigenvalue weighted by Crippen LogP contribution is 2.31. The van der Waals surface area contributed by atoms with Crippen LogP contribution in [-0.4, -0.2) is 12.6 Å². The zero-order valence-electron chi connectivity index (χ0n) is 11.6. The SMILES string of the molecule is CCCCC(CC)CC(C)(C#N)C(=O)OCC. The Morgan fingerprint density at radius 3 is 2.47 bits per heavy atom. The van der Waals surface area contributed by atoms with Crippen molar-refractivity contribution >= 4 is 5.97 Å². The Balaban J connectivity index is 4.54. The zero-order valence-corrected chi connectivity index (χ0v) is 11.6. The molecular formula is C14H25NO2. The minimum absolute atomic E-state index is 0.335. The van der Waals surface area contributed by atoms with Gasteiger partial charge in [-0.25, -0.2) is 0 Å². The lowest BCUT2D eigenvalue weighted by Gasteiger charge is -2.24. The van der Waals surface area contributed by atoms with Gasteiger partial charge in [-0.3, -0.25) is 4.79 Å². The molecule has 0 aliphatic rings. The summed E-state index contributed by atoms with van der Waals surface area (Å²) in [6, 6.07) is 2.13. The van der Waals surface area contributed by atoms with Gasteiger partial charge in [0.25, 0.3) is 0 Å². The summed E-state index contributed by atoms with van der Waals surface area (Å²) in [5, 5.41) is 9.20. The van der Waals surface area contributed by atoms with E-state index < -0.39 is 5.41 Å². The van der Waals surface area contributed by atoms with E-state index in [1.165, 1.54) is 0 Å². The predicted octanol–water partition coefficient (Wildman–Crippen LogP) is 3.69. The summed E-state index contributed by atoms with van der Waals surface area (Å²) in [5.74, 6) is 0.0569. The average Bonchev–Trinajstić information content (AvgIpc) is 2.34. The van der Waals surface area contributed by atoms with Crippen molar-refractivity contribution in [2.75, 3.05) is 6.61 Å². The van der Waals surface area contributed by atoms with Crippen LogP contribution in [0.4, 0.5) is 0 Å². The van der Waals surface area contributed by atoms with E-state index >= 15 is 0 Å². The van der Waals surface area contributed by atoms with Crippen molar-refractivity contribution in [3.63, 3.8) is 0 Å².